The number of nitrogens with one attached hydrogen (secondary N) is 2. The lowest BCUT2D eigenvalue weighted by Gasteiger charge is -2.10. The monoisotopic (exact) mass is 346 g/mol. The number of carboxylic acid groups (broad SMARTS) is 3. The van der Waals surface area contributed by atoms with Gasteiger partial charge in [0.1, 0.15) is 12.6 Å². The molecule has 10 heteroatoms. The Morgan fingerprint density at radius 3 is 1.83 bits per heavy atom. The van der Waals surface area contributed by atoms with Gasteiger partial charge in [-0.1, -0.05) is 5.57 Å². The third kappa shape index (κ3) is 17.1. The van der Waals surface area contributed by atoms with Crippen molar-refractivity contribution in [1.29, 1.82) is 0 Å². The predicted octanol–water partition coefficient (Wildman–Crippen LogP) is -0.406. The maximum absolute atomic E-state index is 10.7. The Hall–Kier alpha value is -2.91. The van der Waals surface area contributed by atoms with Gasteiger partial charge in [-0.25, -0.2) is 4.79 Å². The lowest BCUT2D eigenvalue weighted by Crippen LogP contribution is -2.39. The van der Waals surface area contributed by atoms with E-state index in [1.807, 2.05) is 0 Å². The first-order chi connectivity index (χ1) is 11.0. The predicted molar refractivity (Wildman–Crippen MR) is 82.2 cm³/mol. The summed E-state index contributed by atoms with van der Waals surface area (Å²) in [4.78, 5) is 51.7. The Morgan fingerprint density at radius 1 is 0.958 bits per heavy atom. The summed E-state index contributed by atoms with van der Waals surface area (Å²) in [5.41, 5.74) is 0.841. The summed E-state index contributed by atoms with van der Waals surface area (Å²) >= 11 is 0. The fraction of sp³-hybridized carbons (Fsp3) is 0.500. The number of carbonyl (C=O) groups is 5. The third-order valence-electron chi connectivity index (χ3n) is 2.16. The molecule has 0 fully saturated rings. The van der Waals surface area contributed by atoms with Crippen molar-refractivity contribution in [1.82, 2.24) is 10.6 Å². The second kappa shape index (κ2) is 12.6. The molecule has 0 heterocycles. The molecule has 24 heavy (non-hydrogen) atoms. The number of hydrogen-bond donors (Lipinski definition) is 5. The lowest BCUT2D eigenvalue weighted by molar-refractivity contribution is -0.142. The molecule has 0 saturated heterocycles. The van der Waals surface area contributed by atoms with Gasteiger partial charge in [0.05, 0.1) is 0 Å². The zero-order valence-electron chi connectivity index (χ0n) is 13.7. The highest BCUT2D eigenvalue weighted by Crippen LogP contribution is 1.97. The van der Waals surface area contributed by atoms with Crippen LogP contribution in [-0.4, -0.2) is 57.6 Å². The first kappa shape index (κ1) is 23.4. The van der Waals surface area contributed by atoms with Gasteiger partial charge in [-0.15, -0.1) is 0 Å². The number of rotatable bonds is 8. The van der Waals surface area contributed by atoms with Gasteiger partial charge in [-0.3, -0.25) is 19.2 Å². The highest BCUT2D eigenvalue weighted by atomic mass is 16.4. The number of allylic oxidation sites excluding steroid dienone is 1. The molecule has 0 aromatic carbocycles. The van der Waals surface area contributed by atoms with E-state index < -0.39 is 29.9 Å². The van der Waals surface area contributed by atoms with Crippen molar-refractivity contribution in [3.05, 3.63) is 11.6 Å². The summed E-state index contributed by atoms with van der Waals surface area (Å²) in [6, 6.07) is -1.12. The Kier molecular flexibility index (Phi) is 12.3. The topological polar surface area (TPSA) is 170 Å². The largest absolute Gasteiger partial charge is 0.481 e. The summed E-state index contributed by atoms with van der Waals surface area (Å²) in [5.74, 6) is -4.21. The van der Waals surface area contributed by atoms with E-state index in [2.05, 4.69) is 10.6 Å². The smallest absolute Gasteiger partial charge is 0.326 e. The second-order valence-corrected chi connectivity index (χ2v) is 4.86. The van der Waals surface area contributed by atoms with Crippen LogP contribution in [0.5, 0.6) is 0 Å². The molecule has 136 valence electrons. The summed E-state index contributed by atoms with van der Waals surface area (Å²) in [7, 11) is 0. The van der Waals surface area contributed by atoms with Crippen molar-refractivity contribution in [3.63, 3.8) is 0 Å². The molecule has 1 atom stereocenters. The fourth-order valence-electron chi connectivity index (χ4n) is 1.25. The van der Waals surface area contributed by atoms with Gasteiger partial charge in [0.25, 0.3) is 0 Å². The minimum Gasteiger partial charge on any atom is -0.481 e. The molecule has 1 unspecified atom stereocenters. The maximum Gasteiger partial charge on any atom is 0.326 e. The summed E-state index contributed by atoms with van der Waals surface area (Å²) in [6.07, 6.45) is 0.963. The SMILES string of the molecule is CC(=O)NC(CCC(=O)O)C(=O)O.CC(C)=CC(=O)NCC(=O)O. The van der Waals surface area contributed by atoms with Crippen LogP contribution in [0.4, 0.5) is 0 Å². The van der Waals surface area contributed by atoms with E-state index in [-0.39, 0.29) is 25.3 Å². The van der Waals surface area contributed by atoms with Crippen molar-refractivity contribution in [3.8, 4) is 0 Å². The van der Waals surface area contributed by atoms with Crippen LogP contribution in [0, 0.1) is 0 Å². The Labute approximate surface area is 138 Å². The van der Waals surface area contributed by atoms with Crippen LogP contribution in [0.2, 0.25) is 0 Å². The van der Waals surface area contributed by atoms with Crippen LogP contribution in [0.1, 0.15) is 33.6 Å². The minimum atomic E-state index is -1.23. The van der Waals surface area contributed by atoms with Gasteiger partial charge in [-0.05, 0) is 20.3 Å². The van der Waals surface area contributed by atoms with E-state index in [0.717, 1.165) is 5.57 Å². The average molecular weight is 346 g/mol. The van der Waals surface area contributed by atoms with Crippen LogP contribution in [0.25, 0.3) is 0 Å². The van der Waals surface area contributed by atoms with Gasteiger partial charge in [0.2, 0.25) is 11.8 Å². The summed E-state index contributed by atoms with van der Waals surface area (Å²) in [5, 5.41) is 29.3. The van der Waals surface area contributed by atoms with Crippen molar-refractivity contribution >= 4 is 29.7 Å². The van der Waals surface area contributed by atoms with Crippen molar-refractivity contribution in [2.24, 2.45) is 0 Å². The zero-order chi connectivity index (χ0) is 19.3. The van der Waals surface area contributed by atoms with Crippen molar-refractivity contribution in [2.45, 2.75) is 39.7 Å². The Bertz CT molecular complexity index is 509. The minimum absolute atomic E-state index is 0.107. The standard InChI is InChI=1S/C7H11NO5.C7H11NO3/c1-4(9)8-5(7(12)13)2-3-6(10)11;1-5(2)3-6(9)8-4-7(10)11/h5H,2-3H2,1H3,(H,8,9)(H,10,11)(H,12,13);3H,4H2,1-2H3,(H,8,9)(H,10,11). The molecule has 0 aromatic heterocycles. The highest BCUT2D eigenvalue weighted by Gasteiger charge is 2.18. The van der Waals surface area contributed by atoms with Gasteiger partial charge >= 0.3 is 17.9 Å². The molecule has 0 aliphatic rings. The molecule has 0 bridgehead atoms. The molecule has 0 aliphatic heterocycles. The number of carbonyl (C=O) groups excluding carboxylic acids is 2. The number of carboxylic acids is 3. The van der Waals surface area contributed by atoms with Crippen LogP contribution in [-0.2, 0) is 24.0 Å². The van der Waals surface area contributed by atoms with Crippen LogP contribution < -0.4 is 10.6 Å². The lowest BCUT2D eigenvalue weighted by atomic mass is 10.1. The summed E-state index contributed by atoms with van der Waals surface area (Å²) < 4.78 is 0. The van der Waals surface area contributed by atoms with E-state index in [1.165, 1.54) is 13.0 Å². The van der Waals surface area contributed by atoms with Gasteiger partial charge < -0.3 is 26.0 Å². The van der Waals surface area contributed by atoms with E-state index in [9.17, 15) is 24.0 Å². The van der Waals surface area contributed by atoms with Crippen LogP contribution in [0.3, 0.4) is 0 Å². The molecule has 0 spiro atoms. The molecule has 0 aliphatic carbocycles. The average Bonchev–Trinajstić information content (AvgIpc) is 2.40. The normalized spacial score (nSPS) is 10.3. The number of aliphatic carboxylic acids is 3. The van der Waals surface area contributed by atoms with E-state index in [0.29, 0.717) is 0 Å². The molecular formula is C14H22N2O8. The molecule has 5 N–H and O–H groups in total. The van der Waals surface area contributed by atoms with E-state index in [4.69, 9.17) is 15.3 Å². The maximum atomic E-state index is 10.7. The molecule has 2 amide bonds. The highest BCUT2D eigenvalue weighted by molar-refractivity contribution is 5.90. The number of hydrogen-bond acceptors (Lipinski definition) is 5. The number of amides is 2. The Balaban J connectivity index is 0. The van der Waals surface area contributed by atoms with Gasteiger partial charge in [0.15, 0.2) is 0 Å². The molecule has 0 aromatic rings. The van der Waals surface area contributed by atoms with Gasteiger partial charge in [-0.2, -0.15) is 0 Å². The van der Waals surface area contributed by atoms with Crippen LogP contribution >= 0.6 is 0 Å². The van der Waals surface area contributed by atoms with Crippen LogP contribution in [0.15, 0.2) is 11.6 Å². The Morgan fingerprint density at radius 2 is 1.50 bits per heavy atom. The van der Waals surface area contributed by atoms with Crippen molar-refractivity contribution in [2.75, 3.05) is 6.54 Å². The fourth-order valence-corrected chi connectivity index (χ4v) is 1.25. The first-order valence-corrected chi connectivity index (χ1v) is 6.82. The molecule has 0 saturated carbocycles. The summed E-state index contributed by atoms with van der Waals surface area (Å²) in [6.45, 7) is 4.38. The van der Waals surface area contributed by atoms with E-state index >= 15 is 0 Å². The van der Waals surface area contributed by atoms with E-state index in [1.54, 1.807) is 13.8 Å². The molecular weight excluding hydrogens is 324 g/mol. The zero-order valence-corrected chi connectivity index (χ0v) is 13.7. The third-order valence-corrected chi connectivity index (χ3v) is 2.16. The quantitative estimate of drug-likeness (QED) is 0.369. The molecule has 0 radical (unpaired) electrons. The first-order valence-electron chi connectivity index (χ1n) is 6.82. The van der Waals surface area contributed by atoms with Gasteiger partial charge in [0, 0.05) is 19.4 Å². The molecule has 10 nitrogen and oxygen atoms in total. The van der Waals surface area contributed by atoms with Crippen molar-refractivity contribution < 1.29 is 39.3 Å². The second-order valence-electron chi connectivity index (χ2n) is 4.86. The molecule has 0 rings (SSSR count).